The van der Waals surface area contributed by atoms with E-state index in [9.17, 15) is 9.50 Å². The van der Waals surface area contributed by atoms with Crippen molar-refractivity contribution in [1.29, 1.82) is 0 Å². The second kappa shape index (κ2) is 9.52. The summed E-state index contributed by atoms with van der Waals surface area (Å²) in [6.45, 7) is 3.79. The summed E-state index contributed by atoms with van der Waals surface area (Å²) in [4.78, 5) is 4.50. The van der Waals surface area contributed by atoms with Gasteiger partial charge < -0.3 is 20.5 Å². The summed E-state index contributed by atoms with van der Waals surface area (Å²) in [7, 11) is 1.51. The second-order valence-electron chi connectivity index (χ2n) is 5.51. The summed E-state index contributed by atoms with van der Waals surface area (Å²) < 4.78 is 18.2. The molecule has 6 heteroatoms. The molecule has 0 saturated heterocycles. The van der Waals surface area contributed by atoms with Crippen LogP contribution in [0.4, 0.5) is 4.39 Å². The molecule has 3 N–H and O–H groups in total. The van der Waals surface area contributed by atoms with Gasteiger partial charge in [0.1, 0.15) is 5.82 Å². The Labute approximate surface area is 147 Å². The number of hydrogen-bond donors (Lipinski definition) is 3. The molecule has 0 atom stereocenters. The Morgan fingerprint density at radius 3 is 2.68 bits per heavy atom. The zero-order valence-electron chi connectivity index (χ0n) is 14.6. The minimum Gasteiger partial charge on any atom is -0.504 e. The predicted molar refractivity (Wildman–Crippen MR) is 97.6 cm³/mol. The van der Waals surface area contributed by atoms with Crippen LogP contribution in [0.1, 0.15) is 18.1 Å². The highest BCUT2D eigenvalue weighted by molar-refractivity contribution is 5.79. The molecule has 0 amide bonds. The van der Waals surface area contributed by atoms with Gasteiger partial charge in [-0.3, -0.25) is 0 Å². The van der Waals surface area contributed by atoms with E-state index in [1.807, 2.05) is 19.1 Å². The Hall–Kier alpha value is -2.76. The quantitative estimate of drug-likeness (QED) is 0.533. The normalized spacial score (nSPS) is 11.2. The summed E-state index contributed by atoms with van der Waals surface area (Å²) in [5.74, 6) is 0.985. The van der Waals surface area contributed by atoms with Crippen molar-refractivity contribution in [1.82, 2.24) is 10.6 Å². The van der Waals surface area contributed by atoms with Gasteiger partial charge in [0, 0.05) is 13.1 Å². The third-order valence-electron chi connectivity index (χ3n) is 3.60. The first kappa shape index (κ1) is 18.6. The first-order valence-corrected chi connectivity index (χ1v) is 8.25. The highest BCUT2D eigenvalue weighted by atomic mass is 19.1. The van der Waals surface area contributed by atoms with Gasteiger partial charge in [-0.15, -0.1) is 0 Å². The van der Waals surface area contributed by atoms with Crippen LogP contribution in [0.25, 0.3) is 0 Å². The number of halogens is 1. The smallest absolute Gasteiger partial charge is 0.191 e. The minimum atomic E-state index is -0.225. The number of phenolic OH excluding ortho intramolecular Hbond substituents is 1. The van der Waals surface area contributed by atoms with Crippen molar-refractivity contribution in [3.05, 3.63) is 59.4 Å². The van der Waals surface area contributed by atoms with Gasteiger partial charge in [-0.1, -0.05) is 18.2 Å². The second-order valence-corrected chi connectivity index (χ2v) is 5.51. The highest BCUT2D eigenvalue weighted by Crippen LogP contribution is 2.26. The van der Waals surface area contributed by atoms with Crippen molar-refractivity contribution < 1.29 is 14.2 Å². The molecule has 0 fully saturated rings. The lowest BCUT2D eigenvalue weighted by atomic mass is 10.1. The maximum Gasteiger partial charge on any atom is 0.191 e. The first-order valence-electron chi connectivity index (χ1n) is 8.25. The lowest BCUT2D eigenvalue weighted by Crippen LogP contribution is -2.38. The zero-order chi connectivity index (χ0) is 18.1. The third kappa shape index (κ3) is 5.99. The van der Waals surface area contributed by atoms with Gasteiger partial charge in [-0.05, 0) is 48.7 Å². The van der Waals surface area contributed by atoms with Gasteiger partial charge in [-0.25, -0.2) is 9.38 Å². The van der Waals surface area contributed by atoms with E-state index >= 15 is 0 Å². The number of benzene rings is 2. The molecular formula is C19H24FN3O2. The molecule has 5 nitrogen and oxygen atoms in total. The maximum atomic E-state index is 13.2. The number of methoxy groups -OCH3 is 1. The molecule has 0 heterocycles. The number of hydrogen-bond acceptors (Lipinski definition) is 3. The number of phenols is 1. The molecule has 134 valence electrons. The molecular weight excluding hydrogens is 321 g/mol. The van der Waals surface area contributed by atoms with Crippen LogP contribution in [-0.2, 0) is 13.0 Å². The maximum absolute atomic E-state index is 13.2. The number of rotatable bonds is 7. The SMILES string of the molecule is CCNC(=NCc1ccc(OC)c(O)c1)NCCc1cccc(F)c1. The molecule has 0 unspecified atom stereocenters. The molecule has 0 bridgehead atoms. The lowest BCUT2D eigenvalue weighted by molar-refractivity contribution is 0.373. The number of nitrogens with zero attached hydrogens (tertiary/aromatic N) is 1. The summed E-state index contributed by atoms with van der Waals surface area (Å²) in [5, 5.41) is 16.2. The molecule has 2 rings (SSSR count). The summed E-state index contributed by atoms with van der Waals surface area (Å²) in [5.41, 5.74) is 1.81. The number of aromatic hydroxyl groups is 1. The Morgan fingerprint density at radius 1 is 1.16 bits per heavy atom. The van der Waals surface area contributed by atoms with Gasteiger partial charge in [0.05, 0.1) is 13.7 Å². The van der Waals surface area contributed by atoms with Crippen LogP contribution < -0.4 is 15.4 Å². The van der Waals surface area contributed by atoms with E-state index in [0.717, 1.165) is 17.7 Å². The van der Waals surface area contributed by atoms with E-state index in [1.54, 1.807) is 18.2 Å². The van der Waals surface area contributed by atoms with Crippen molar-refractivity contribution in [2.75, 3.05) is 20.2 Å². The third-order valence-corrected chi connectivity index (χ3v) is 3.60. The standard InChI is InChI=1S/C19H24FN3O2/c1-3-21-19(22-10-9-14-5-4-6-16(20)11-14)23-13-15-7-8-18(25-2)17(24)12-15/h4-8,11-12,24H,3,9-10,13H2,1-2H3,(H2,21,22,23). The zero-order valence-corrected chi connectivity index (χ0v) is 14.6. The van der Waals surface area contributed by atoms with Crippen molar-refractivity contribution >= 4 is 5.96 Å². The fourth-order valence-corrected chi connectivity index (χ4v) is 2.36. The van der Waals surface area contributed by atoms with Gasteiger partial charge in [-0.2, -0.15) is 0 Å². The van der Waals surface area contributed by atoms with Crippen LogP contribution in [0.2, 0.25) is 0 Å². The van der Waals surface area contributed by atoms with Gasteiger partial charge in [0.2, 0.25) is 0 Å². The van der Waals surface area contributed by atoms with E-state index in [-0.39, 0.29) is 11.6 Å². The minimum absolute atomic E-state index is 0.0965. The number of nitrogens with one attached hydrogen (secondary N) is 2. The number of guanidine groups is 1. The number of aliphatic imine (C=N–C) groups is 1. The fourth-order valence-electron chi connectivity index (χ4n) is 2.36. The van der Waals surface area contributed by atoms with Gasteiger partial charge >= 0.3 is 0 Å². The molecule has 0 aliphatic heterocycles. The van der Waals surface area contributed by atoms with E-state index < -0.39 is 0 Å². The number of ether oxygens (including phenoxy) is 1. The molecule has 2 aromatic carbocycles. The fraction of sp³-hybridized carbons (Fsp3) is 0.316. The Balaban J connectivity index is 1.92. The van der Waals surface area contributed by atoms with Gasteiger partial charge in [0.25, 0.3) is 0 Å². The van der Waals surface area contributed by atoms with E-state index in [4.69, 9.17) is 4.74 Å². The van der Waals surface area contributed by atoms with Gasteiger partial charge in [0.15, 0.2) is 17.5 Å². The first-order chi connectivity index (χ1) is 12.1. The topological polar surface area (TPSA) is 65.9 Å². The summed E-state index contributed by atoms with van der Waals surface area (Å²) >= 11 is 0. The largest absolute Gasteiger partial charge is 0.504 e. The van der Waals surface area contributed by atoms with Crippen molar-refractivity contribution in [3.63, 3.8) is 0 Å². The Morgan fingerprint density at radius 2 is 2.00 bits per heavy atom. The van der Waals surface area contributed by atoms with E-state index in [2.05, 4.69) is 15.6 Å². The molecule has 0 aliphatic carbocycles. The molecule has 0 aromatic heterocycles. The molecule has 25 heavy (non-hydrogen) atoms. The average Bonchev–Trinajstić information content (AvgIpc) is 2.60. The van der Waals surface area contributed by atoms with Crippen LogP contribution in [0, 0.1) is 5.82 Å². The molecule has 0 spiro atoms. The molecule has 2 aromatic rings. The van der Waals surface area contributed by atoms with Crippen LogP contribution in [0.3, 0.4) is 0 Å². The van der Waals surface area contributed by atoms with Crippen molar-refractivity contribution in [2.24, 2.45) is 4.99 Å². The monoisotopic (exact) mass is 345 g/mol. The lowest BCUT2D eigenvalue weighted by Gasteiger charge is -2.11. The molecule has 0 radical (unpaired) electrons. The Kier molecular flexibility index (Phi) is 7.07. The average molecular weight is 345 g/mol. The predicted octanol–water partition coefficient (Wildman–Crippen LogP) is 2.84. The van der Waals surface area contributed by atoms with Crippen molar-refractivity contribution in [3.8, 4) is 11.5 Å². The summed E-state index contributed by atoms with van der Waals surface area (Å²) in [6, 6.07) is 11.8. The van der Waals surface area contributed by atoms with E-state index in [1.165, 1.54) is 19.2 Å². The molecule has 0 aliphatic rings. The van der Waals surface area contributed by atoms with Crippen LogP contribution >= 0.6 is 0 Å². The van der Waals surface area contributed by atoms with Crippen LogP contribution in [0.5, 0.6) is 11.5 Å². The molecule has 0 saturated carbocycles. The summed E-state index contributed by atoms with van der Waals surface area (Å²) in [6.07, 6.45) is 0.700. The highest BCUT2D eigenvalue weighted by Gasteiger charge is 2.03. The van der Waals surface area contributed by atoms with Crippen LogP contribution in [0.15, 0.2) is 47.5 Å². The van der Waals surface area contributed by atoms with E-state index in [0.29, 0.717) is 31.2 Å². The van der Waals surface area contributed by atoms with Crippen LogP contribution in [-0.4, -0.2) is 31.3 Å². The van der Waals surface area contributed by atoms with Crippen molar-refractivity contribution in [2.45, 2.75) is 19.9 Å². The Bertz CT molecular complexity index is 720.